The molecule has 1 aromatic carbocycles. The summed E-state index contributed by atoms with van der Waals surface area (Å²) in [6.45, 7) is 2.77. The number of hydrogen-bond acceptors (Lipinski definition) is 3. The Kier molecular flexibility index (Phi) is 5.15. The SMILES string of the molecule is CCc1nn(C)cc1NC(=O)NC(c1ccccc1)C1CCCO1. The van der Waals surface area contributed by atoms with Crippen molar-refractivity contribution in [3.05, 3.63) is 47.8 Å². The second-order valence-electron chi connectivity index (χ2n) is 6.05. The maximum Gasteiger partial charge on any atom is 0.319 e. The molecule has 0 aliphatic carbocycles. The highest BCUT2D eigenvalue weighted by atomic mass is 16.5. The first-order valence-corrected chi connectivity index (χ1v) is 8.44. The summed E-state index contributed by atoms with van der Waals surface area (Å²) in [5.41, 5.74) is 2.68. The van der Waals surface area contributed by atoms with Crippen LogP contribution in [-0.4, -0.2) is 28.5 Å². The van der Waals surface area contributed by atoms with Gasteiger partial charge in [0.25, 0.3) is 0 Å². The van der Waals surface area contributed by atoms with Crippen LogP contribution in [0.25, 0.3) is 0 Å². The maximum atomic E-state index is 12.5. The van der Waals surface area contributed by atoms with Crippen LogP contribution < -0.4 is 10.6 Å². The van der Waals surface area contributed by atoms with Crippen LogP contribution in [-0.2, 0) is 18.2 Å². The van der Waals surface area contributed by atoms with E-state index >= 15 is 0 Å². The van der Waals surface area contributed by atoms with Crippen molar-refractivity contribution >= 4 is 11.7 Å². The number of hydrogen-bond donors (Lipinski definition) is 2. The van der Waals surface area contributed by atoms with Crippen molar-refractivity contribution in [2.45, 2.75) is 38.3 Å². The minimum atomic E-state index is -0.234. The molecule has 3 rings (SSSR count). The number of anilines is 1. The summed E-state index contributed by atoms with van der Waals surface area (Å²) in [6, 6.07) is 9.58. The first-order chi connectivity index (χ1) is 11.7. The van der Waals surface area contributed by atoms with Crippen LogP contribution in [0, 0.1) is 0 Å². The number of nitrogens with zero attached hydrogens (tertiary/aromatic N) is 2. The van der Waals surface area contributed by atoms with Crippen molar-refractivity contribution in [1.29, 1.82) is 0 Å². The molecule has 2 N–H and O–H groups in total. The molecular formula is C18H24N4O2. The van der Waals surface area contributed by atoms with Crippen molar-refractivity contribution in [3.63, 3.8) is 0 Å². The van der Waals surface area contributed by atoms with Gasteiger partial charge in [-0.3, -0.25) is 4.68 Å². The van der Waals surface area contributed by atoms with Gasteiger partial charge in [0.1, 0.15) is 0 Å². The lowest BCUT2D eigenvalue weighted by atomic mass is 9.99. The van der Waals surface area contributed by atoms with E-state index in [9.17, 15) is 4.79 Å². The summed E-state index contributed by atoms with van der Waals surface area (Å²) in [4.78, 5) is 12.5. The fourth-order valence-electron chi connectivity index (χ4n) is 3.12. The molecule has 128 valence electrons. The Morgan fingerprint density at radius 3 is 2.88 bits per heavy atom. The molecule has 1 fully saturated rings. The minimum absolute atomic E-state index is 0.0118. The Labute approximate surface area is 142 Å². The predicted octanol–water partition coefficient (Wildman–Crippen LogP) is 3.02. The topological polar surface area (TPSA) is 68.2 Å². The summed E-state index contributed by atoms with van der Waals surface area (Å²) < 4.78 is 7.52. The summed E-state index contributed by atoms with van der Waals surface area (Å²) in [7, 11) is 1.85. The van der Waals surface area contributed by atoms with E-state index in [0.29, 0.717) is 0 Å². The molecule has 0 saturated carbocycles. The Bertz CT molecular complexity index is 678. The van der Waals surface area contributed by atoms with Gasteiger partial charge in [0.05, 0.1) is 23.5 Å². The molecule has 24 heavy (non-hydrogen) atoms. The summed E-state index contributed by atoms with van der Waals surface area (Å²) >= 11 is 0. The molecule has 0 radical (unpaired) electrons. The number of carbonyl (C=O) groups is 1. The van der Waals surface area contributed by atoms with Crippen LogP contribution in [0.5, 0.6) is 0 Å². The Hall–Kier alpha value is -2.34. The summed E-state index contributed by atoms with van der Waals surface area (Å²) in [5, 5.41) is 10.3. The third kappa shape index (κ3) is 3.76. The van der Waals surface area contributed by atoms with Crippen molar-refractivity contribution in [1.82, 2.24) is 15.1 Å². The van der Waals surface area contributed by atoms with Crippen LogP contribution in [0.4, 0.5) is 10.5 Å². The van der Waals surface area contributed by atoms with E-state index in [2.05, 4.69) is 15.7 Å². The monoisotopic (exact) mass is 328 g/mol. The van der Waals surface area contributed by atoms with Gasteiger partial charge in [-0.25, -0.2) is 4.79 Å². The Balaban J connectivity index is 1.73. The van der Waals surface area contributed by atoms with E-state index in [0.717, 1.165) is 42.8 Å². The highest BCUT2D eigenvalue weighted by Crippen LogP contribution is 2.27. The third-order valence-electron chi connectivity index (χ3n) is 4.27. The van der Waals surface area contributed by atoms with Crippen molar-refractivity contribution in [3.8, 4) is 0 Å². The van der Waals surface area contributed by atoms with E-state index in [4.69, 9.17) is 4.74 Å². The maximum absolute atomic E-state index is 12.5. The molecule has 2 atom stereocenters. The van der Waals surface area contributed by atoms with Gasteiger partial charge in [-0.15, -0.1) is 0 Å². The summed E-state index contributed by atoms with van der Waals surface area (Å²) in [5.74, 6) is 0. The average Bonchev–Trinajstić information content (AvgIpc) is 3.23. The zero-order valence-electron chi connectivity index (χ0n) is 14.2. The molecule has 0 spiro atoms. The molecule has 1 saturated heterocycles. The van der Waals surface area contributed by atoms with Gasteiger partial charge in [-0.2, -0.15) is 5.10 Å². The normalized spacial score (nSPS) is 18.3. The lowest BCUT2D eigenvalue weighted by Crippen LogP contribution is -2.38. The van der Waals surface area contributed by atoms with Crippen LogP contribution in [0.3, 0.4) is 0 Å². The van der Waals surface area contributed by atoms with Crippen LogP contribution in [0.15, 0.2) is 36.5 Å². The number of benzene rings is 1. The molecule has 2 unspecified atom stereocenters. The van der Waals surface area contributed by atoms with E-state index in [-0.39, 0.29) is 18.2 Å². The zero-order valence-corrected chi connectivity index (χ0v) is 14.2. The van der Waals surface area contributed by atoms with E-state index in [1.807, 2.05) is 50.5 Å². The van der Waals surface area contributed by atoms with Crippen LogP contribution in [0.2, 0.25) is 0 Å². The lowest BCUT2D eigenvalue weighted by molar-refractivity contribution is 0.0815. The van der Waals surface area contributed by atoms with Gasteiger partial charge in [0, 0.05) is 19.9 Å². The molecule has 1 aliphatic rings. The molecule has 1 aliphatic heterocycles. The molecule has 6 nitrogen and oxygen atoms in total. The second kappa shape index (κ2) is 7.49. The number of aryl methyl sites for hydroxylation is 2. The van der Waals surface area contributed by atoms with Gasteiger partial charge >= 0.3 is 6.03 Å². The quantitative estimate of drug-likeness (QED) is 0.886. The van der Waals surface area contributed by atoms with Crippen molar-refractivity contribution in [2.24, 2.45) is 7.05 Å². The molecular weight excluding hydrogens is 304 g/mol. The van der Waals surface area contributed by atoms with Crippen LogP contribution >= 0.6 is 0 Å². The summed E-state index contributed by atoms with van der Waals surface area (Å²) in [6.07, 6.45) is 4.58. The van der Waals surface area contributed by atoms with E-state index in [1.165, 1.54) is 0 Å². The molecule has 0 bridgehead atoms. The standard InChI is InChI=1S/C18H24N4O2/c1-3-14-15(12-22(2)21-14)19-18(23)20-17(16-10-7-11-24-16)13-8-5-4-6-9-13/h4-6,8-9,12,16-17H,3,7,10-11H2,1-2H3,(H2,19,20,23). The van der Waals surface area contributed by atoms with Gasteiger partial charge in [0.15, 0.2) is 0 Å². The molecule has 1 aromatic heterocycles. The average molecular weight is 328 g/mol. The number of amides is 2. The fourth-order valence-corrected chi connectivity index (χ4v) is 3.12. The number of nitrogens with one attached hydrogen (secondary N) is 2. The van der Waals surface area contributed by atoms with Gasteiger partial charge in [-0.05, 0) is 24.8 Å². The number of carbonyl (C=O) groups excluding carboxylic acids is 1. The fraction of sp³-hybridized carbons (Fsp3) is 0.444. The molecule has 2 aromatic rings. The highest BCUT2D eigenvalue weighted by molar-refractivity contribution is 5.90. The first kappa shape index (κ1) is 16.5. The number of aromatic nitrogens is 2. The smallest absolute Gasteiger partial charge is 0.319 e. The molecule has 2 heterocycles. The largest absolute Gasteiger partial charge is 0.376 e. The minimum Gasteiger partial charge on any atom is -0.376 e. The number of ether oxygens (including phenoxy) is 1. The number of urea groups is 1. The van der Waals surface area contributed by atoms with Crippen molar-refractivity contribution < 1.29 is 9.53 Å². The highest BCUT2D eigenvalue weighted by Gasteiger charge is 2.28. The molecule has 2 amide bonds. The van der Waals surface area contributed by atoms with Gasteiger partial charge in [-0.1, -0.05) is 37.3 Å². The second-order valence-corrected chi connectivity index (χ2v) is 6.05. The van der Waals surface area contributed by atoms with Crippen molar-refractivity contribution in [2.75, 3.05) is 11.9 Å². The Morgan fingerprint density at radius 1 is 1.42 bits per heavy atom. The Morgan fingerprint density at radius 2 is 2.21 bits per heavy atom. The van der Waals surface area contributed by atoms with Crippen LogP contribution in [0.1, 0.15) is 37.1 Å². The van der Waals surface area contributed by atoms with E-state index in [1.54, 1.807) is 4.68 Å². The third-order valence-corrected chi connectivity index (χ3v) is 4.27. The molecule has 6 heteroatoms. The lowest BCUT2D eigenvalue weighted by Gasteiger charge is -2.24. The van der Waals surface area contributed by atoms with Gasteiger partial charge < -0.3 is 15.4 Å². The number of rotatable bonds is 5. The zero-order chi connectivity index (χ0) is 16.9. The predicted molar refractivity (Wildman–Crippen MR) is 92.9 cm³/mol. The van der Waals surface area contributed by atoms with E-state index < -0.39 is 0 Å². The first-order valence-electron chi connectivity index (χ1n) is 8.44. The van der Waals surface area contributed by atoms with Gasteiger partial charge in [0.2, 0.25) is 0 Å².